The van der Waals surface area contributed by atoms with Crippen molar-refractivity contribution in [2.75, 3.05) is 23.9 Å². The number of hydrogen-bond acceptors (Lipinski definition) is 5. The van der Waals surface area contributed by atoms with Crippen molar-refractivity contribution in [1.82, 2.24) is 4.90 Å². The van der Waals surface area contributed by atoms with E-state index in [0.717, 1.165) is 29.5 Å². The summed E-state index contributed by atoms with van der Waals surface area (Å²) in [7, 11) is 1.48. The first-order valence-electron chi connectivity index (χ1n) is 11.3. The zero-order valence-corrected chi connectivity index (χ0v) is 20.5. The second kappa shape index (κ2) is 7.20. The van der Waals surface area contributed by atoms with Gasteiger partial charge in [0, 0.05) is 27.7 Å². The lowest BCUT2D eigenvalue weighted by atomic mass is 9.75. The number of aryl methyl sites for hydroxylation is 1. The summed E-state index contributed by atoms with van der Waals surface area (Å²) in [5.41, 5.74) is 1.96. The number of hydrogen-bond donors (Lipinski definition) is 1. The molecule has 1 spiro atoms. The molecule has 6 rings (SSSR count). The SMILES string of the molecule is COc1cc(Cl)c(C)cc1N1C(=O)[C@H]2[C@@H](C1=O)[C@]1(C(=O)Nc3c1ccc(Cl)c3C)N1CCC[C@@H]21. The van der Waals surface area contributed by atoms with E-state index >= 15 is 0 Å². The van der Waals surface area contributed by atoms with Gasteiger partial charge in [0.1, 0.15) is 11.3 Å². The number of imide groups is 1. The molecule has 0 aliphatic carbocycles. The van der Waals surface area contributed by atoms with Crippen LogP contribution in [-0.2, 0) is 19.9 Å². The number of halogens is 2. The Kier molecular flexibility index (Phi) is 4.63. The lowest BCUT2D eigenvalue weighted by Crippen LogP contribution is -2.54. The maximum absolute atomic E-state index is 14.1. The van der Waals surface area contributed by atoms with Crippen LogP contribution in [0.2, 0.25) is 10.0 Å². The molecule has 3 saturated heterocycles. The van der Waals surface area contributed by atoms with Gasteiger partial charge in [-0.05, 0) is 56.5 Å². The van der Waals surface area contributed by atoms with Crippen molar-refractivity contribution in [3.63, 3.8) is 0 Å². The van der Waals surface area contributed by atoms with Gasteiger partial charge in [0.25, 0.3) is 0 Å². The molecule has 0 saturated carbocycles. The molecule has 0 unspecified atom stereocenters. The van der Waals surface area contributed by atoms with Crippen molar-refractivity contribution in [2.45, 2.75) is 38.3 Å². The predicted octanol–water partition coefficient (Wildman–Crippen LogP) is 4.05. The number of fused-ring (bicyclic) bond motifs is 7. The first-order chi connectivity index (χ1) is 16.2. The first-order valence-corrected chi connectivity index (χ1v) is 12.1. The second-order valence-electron chi connectivity index (χ2n) is 9.51. The predicted molar refractivity (Wildman–Crippen MR) is 128 cm³/mol. The number of nitrogens with zero attached hydrogens (tertiary/aromatic N) is 2. The highest BCUT2D eigenvalue weighted by atomic mass is 35.5. The zero-order valence-electron chi connectivity index (χ0n) is 18.9. The van der Waals surface area contributed by atoms with Crippen LogP contribution in [0.5, 0.6) is 5.75 Å². The van der Waals surface area contributed by atoms with Crippen LogP contribution in [0, 0.1) is 25.7 Å². The molecule has 9 heteroatoms. The molecule has 7 nitrogen and oxygen atoms in total. The highest BCUT2D eigenvalue weighted by Gasteiger charge is 2.74. The van der Waals surface area contributed by atoms with Gasteiger partial charge in [-0.3, -0.25) is 19.3 Å². The number of carbonyl (C=O) groups excluding carboxylic acids is 3. The number of benzene rings is 2. The van der Waals surface area contributed by atoms with E-state index in [2.05, 4.69) is 10.2 Å². The van der Waals surface area contributed by atoms with Crippen LogP contribution in [0.15, 0.2) is 24.3 Å². The summed E-state index contributed by atoms with van der Waals surface area (Å²) < 4.78 is 5.49. The number of carbonyl (C=O) groups is 3. The highest BCUT2D eigenvalue weighted by molar-refractivity contribution is 6.33. The normalized spacial score (nSPS) is 29.6. The highest BCUT2D eigenvalue weighted by Crippen LogP contribution is 2.61. The van der Waals surface area contributed by atoms with Crippen LogP contribution < -0.4 is 15.0 Å². The molecular formula is C25H23Cl2N3O4. The molecule has 0 bridgehead atoms. The van der Waals surface area contributed by atoms with Gasteiger partial charge in [-0.15, -0.1) is 0 Å². The van der Waals surface area contributed by atoms with Gasteiger partial charge in [-0.25, -0.2) is 4.90 Å². The number of anilines is 2. The van der Waals surface area contributed by atoms with Crippen LogP contribution in [0.3, 0.4) is 0 Å². The van der Waals surface area contributed by atoms with Crippen molar-refractivity contribution < 1.29 is 19.1 Å². The molecule has 1 N–H and O–H groups in total. The third-order valence-corrected chi connectivity index (χ3v) is 8.88. The van der Waals surface area contributed by atoms with Crippen LogP contribution in [0.25, 0.3) is 0 Å². The maximum Gasteiger partial charge on any atom is 0.250 e. The van der Waals surface area contributed by atoms with Crippen LogP contribution in [-0.4, -0.2) is 42.3 Å². The van der Waals surface area contributed by atoms with E-state index in [-0.39, 0.29) is 23.8 Å². The Hall–Kier alpha value is -2.61. The van der Waals surface area contributed by atoms with E-state index in [9.17, 15) is 14.4 Å². The largest absolute Gasteiger partial charge is 0.495 e. The first kappa shape index (κ1) is 21.9. The Labute approximate surface area is 206 Å². The number of methoxy groups -OCH3 is 1. The molecule has 3 amide bonds. The van der Waals surface area contributed by atoms with Crippen LogP contribution in [0.1, 0.15) is 29.5 Å². The van der Waals surface area contributed by atoms with Gasteiger partial charge >= 0.3 is 0 Å². The Bertz CT molecular complexity index is 1310. The van der Waals surface area contributed by atoms with Gasteiger partial charge in [-0.2, -0.15) is 0 Å². The Balaban J connectivity index is 1.57. The number of amides is 3. The molecule has 4 heterocycles. The molecule has 4 aliphatic heterocycles. The van der Waals surface area contributed by atoms with Gasteiger partial charge in [0.15, 0.2) is 0 Å². The Morgan fingerprint density at radius 1 is 1.09 bits per heavy atom. The molecular weight excluding hydrogens is 477 g/mol. The second-order valence-corrected chi connectivity index (χ2v) is 10.3. The molecule has 0 radical (unpaired) electrons. The van der Waals surface area contributed by atoms with Crippen molar-refractivity contribution in [2.24, 2.45) is 11.8 Å². The average molecular weight is 500 g/mol. The summed E-state index contributed by atoms with van der Waals surface area (Å²) in [6, 6.07) is 6.71. The van der Waals surface area contributed by atoms with Crippen LogP contribution >= 0.6 is 23.2 Å². The minimum Gasteiger partial charge on any atom is -0.495 e. The molecule has 2 aromatic rings. The zero-order chi connectivity index (χ0) is 24.1. The fraction of sp³-hybridized carbons (Fsp3) is 0.400. The lowest BCUT2D eigenvalue weighted by molar-refractivity contribution is -0.135. The van der Waals surface area contributed by atoms with E-state index in [1.165, 1.54) is 12.0 Å². The summed E-state index contributed by atoms with van der Waals surface area (Å²) >= 11 is 12.6. The van der Waals surface area contributed by atoms with Gasteiger partial charge in [-0.1, -0.05) is 29.3 Å². The van der Waals surface area contributed by atoms with Crippen LogP contribution in [0.4, 0.5) is 11.4 Å². The smallest absolute Gasteiger partial charge is 0.250 e. The van der Waals surface area contributed by atoms with E-state index in [1.807, 2.05) is 19.9 Å². The minimum absolute atomic E-state index is 0.196. The molecule has 4 aliphatic rings. The summed E-state index contributed by atoms with van der Waals surface area (Å²) in [4.78, 5) is 45.2. The Morgan fingerprint density at radius 2 is 1.85 bits per heavy atom. The van der Waals surface area contributed by atoms with Crippen molar-refractivity contribution in [3.05, 3.63) is 51.0 Å². The van der Waals surface area contributed by atoms with E-state index in [4.69, 9.17) is 27.9 Å². The maximum atomic E-state index is 14.1. The minimum atomic E-state index is -1.24. The topological polar surface area (TPSA) is 78.9 Å². The van der Waals surface area contributed by atoms with E-state index in [1.54, 1.807) is 18.2 Å². The fourth-order valence-electron chi connectivity index (χ4n) is 6.61. The van der Waals surface area contributed by atoms with Crippen molar-refractivity contribution in [3.8, 4) is 5.75 Å². The van der Waals surface area contributed by atoms with E-state index < -0.39 is 17.4 Å². The molecule has 4 atom stereocenters. The number of nitrogens with one attached hydrogen (secondary N) is 1. The molecule has 34 heavy (non-hydrogen) atoms. The summed E-state index contributed by atoms with van der Waals surface area (Å²) in [6.07, 6.45) is 1.61. The summed E-state index contributed by atoms with van der Waals surface area (Å²) in [5.74, 6) is -2.07. The van der Waals surface area contributed by atoms with Crippen molar-refractivity contribution >= 4 is 52.3 Å². The molecule has 2 aromatic carbocycles. The van der Waals surface area contributed by atoms with E-state index in [0.29, 0.717) is 33.7 Å². The number of ether oxygens (including phenoxy) is 1. The van der Waals surface area contributed by atoms with Gasteiger partial charge in [0.2, 0.25) is 17.7 Å². The molecule has 176 valence electrons. The lowest BCUT2D eigenvalue weighted by Gasteiger charge is -2.36. The summed E-state index contributed by atoms with van der Waals surface area (Å²) in [6.45, 7) is 4.31. The monoisotopic (exact) mass is 499 g/mol. The third-order valence-electron chi connectivity index (χ3n) is 8.06. The average Bonchev–Trinajstić information content (AvgIpc) is 3.51. The van der Waals surface area contributed by atoms with Gasteiger partial charge in [0.05, 0.1) is 30.3 Å². The number of rotatable bonds is 2. The molecule has 0 aromatic heterocycles. The molecule has 3 fully saturated rings. The van der Waals surface area contributed by atoms with Gasteiger partial charge < -0.3 is 10.1 Å². The quantitative estimate of drug-likeness (QED) is 0.630. The Morgan fingerprint density at radius 3 is 2.59 bits per heavy atom. The summed E-state index contributed by atoms with van der Waals surface area (Å²) in [5, 5.41) is 4.03. The standard InChI is InChI=1S/C25H23Cl2N3O4/c1-11-9-17(18(34-3)10-15(11)27)30-22(31)19-16-5-4-8-29(16)25(20(19)23(30)32)13-6-7-14(26)12(2)21(13)28-24(25)33/h6-7,9-10,16,19-20H,4-5,8H2,1-3H3,(H,28,33)/t16-,19+,20-,25+/m0/s1. The fourth-order valence-corrected chi connectivity index (χ4v) is 6.93. The third kappa shape index (κ3) is 2.45. The van der Waals surface area contributed by atoms with Crippen molar-refractivity contribution in [1.29, 1.82) is 0 Å².